The number of hydrogen-bond acceptors (Lipinski definition) is 9. The summed E-state index contributed by atoms with van der Waals surface area (Å²) >= 11 is 0. The number of nitrogens with zero attached hydrogens (tertiary/aromatic N) is 4. The van der Waals surface area contributed by atoms with E-state index in [4.69, 9.17) is 18.9 Å². The second kappa shape index (κ2) is 17.1. The van der Waals surface area contributed by atoms with Gasteiger partial charge >= 0.3 is 0 Å². The minimum Gasteiger partial charge on any atom is -0.493 e. The van der Waals surface area contributed by atoms with Crippen molar-refractivity contribution in [1.29, 1.82) is 0 Å². The number of benzene rings is 3. The number of halogens is 1. The molecule has 11 nitrogen and oxygen atoms in total. The lowest BCUT2D eigenvalue weighted by Gasteiger charge is -2.16. The lowest BCUT2D eigenvalue weighted by molar-refractivity contribution is 0.102. The Labute approximate surface area is 285 Å². The molecule has 0 aliphatic heterocycles. The summed E-state index contributed by atoms with van der Waals surface area (Å²) in [7, 11) is 1.53. The second-order valence-electron chi connectivity index (χ2n) is 11.4. The number of methoxy groups -OCH3 is 1. The van der Waals surface area contributed by atoms with Crippen molar-refractivity contribution >= 4 is 23.2 Å². The van der Waals surface area contributed by atoms with E-state index in [0.29, 0.717) is 55.7 Å². The third-order valence-corrected chi connectivity index (χ3v) is 7.63. The molecule has 2 heterocycles. The zero-order chi connectivity index (χ0) is 34.6. The Morgan fingerprint density at radius 1 is 0.980 bits per heavy atom. The first-order valence-electron chi connectivity index (χ1n) is 16.2. The Morgan fingerprint density at radius 3 is 2.53 bits per heavy atom. The molecule has 5 aromatic rings. The van der Waals surface area contributed by atoms with Crippen LogP contribution in [-0.2, 0) is 17.9 Å². The van der Waals surface area contributed by atoms with Crippen LogP contribution in [0.4, 0.5) is 21.7 Å². The Balaban J connectivity index is 1.36. The lowest BCUT2D eigenvalue weighted by atomic mass is 10.1. The predicted molar refractivity (Wildman–Crippen MR) is 186 cm³/mol. The van der Waals surface area contributed by atoms with Crippen molar-refractivity contribution in [3.63, 3.8) is 0 Å². The Bertz CT molecular complexity index is 1830. The zero-order valence-electron chi connectivity index (χ0n) is 28.2. The van der Waals surface area contributed by atoms with Crippen LogP contribution >= 0.6 is 0 Å². The van der Waals surface area contributed by atoms with Crippen molar-refractivity contribution in [2.75, 3.05) is 31.0 Å². The van der Waals surface area contributed by atoms with Crippen LogP contribution in [-0.4, -0.2) is 45.7 Å². The molecule has 2 N–H and O–H groups in total. The van der Waals surface area contributed by atoms with E-state index in [2.05, 4.69) is 32.5 Å². The summed E-state index contributed by atoms with van der Waals surface area (Å²) in [5, 5.41) is 5.97. The Morgan fingerprint density at radius 2 is 1.80 bits per heavy atom. The molecular weight excluding hydrogens is 627 g/mol. The fourth-order valence-corrected chi connectivity index (χ4v) is 4.95. The number of carbonyl (C=O) groups excluding carboxylic acids is 1. The van der Waals surface area contributed by atoms with E-state index < -0.39 is 11.7 Å². The van der Waals surface area contributed by atoms with Crippen LogP contribution in [0.2, 0.25) is 0 Å². The van der Waals surface area contributed by atoms with Crippen LogP contribution in [0.15, 0.2) is 79.5 Å². The fourth-order valence-electron chi connectivity index (χ4n) is 4.95. The average molecular weight is 669 g/mol. The minimum absolute atomic E-state index is 0.0233. The summed E-state index contributed by atoms with van der Waals surface area (Å²) in [6, 6.07) is 15.7. The molecule has 3 aromatic carbocycles. The van der Waals surface area contributed by atoms with E-state index in [1.54, 1.807) is 24.7 Å². The molecule has 0 spiro atoms. The van der Waals surface area contributed by atoms with Gasteiger partial charge in [-0.3, -0.25) is 4.79 Å². The molecular formula is C37H41FN6O5. The highest BCUT2D eigenvalue weighted by Gasteiger charge is 2.21. The predicted octanol–water partition coefficient (Wildman–Crippen LogP) is 8.01. The zero-order valence-corrected chi connectivity index (χ0v) is 28.2. The number of carbonyl (C=O) groups is 1. The number of imidazole rings is 1. The van der Waals surface area contributed by atoms with Crippen LogP contribution in [0.25, 0.3) is 0 Å². The van der Waals surface area contributed by atoms with Gasteiger partial charge in [0.15, 0.2) is 23.1 Å². The van der Waals surface area contributed by atoms with Crippen molar-refractivity contribution in [3.05, 3.63) is 108 Å². The van der Waals surface area contributed by atoms with Crippen molar-refractivity contribution in [2.24, 2.45) is 0 Å². The molecule has 0 bridgehead atoms. The maximum absolute atomic E-state index is 15.0. The molecule has 0 saturated carbocycles. The summed E-state index contributed by atoms with van der Waals surface area (Å²) < 4.78 is 40.2. The lowest BCUT2D eigenvalue weighted by Crippen LogP contribution is -2.16. The van der Waals surface area contributed by atoms with Crippen LogP contribution in [0.5, 0.6) is 23.1 Å². The van der Waals surface area contributed by atoms with Crippen molar-refractivity contribution in [1.82, 2.24) is 19.5 Å². The van der Waals surface area contributed by atoms with Gasteiger partial charge in [-0.2, -0.15) is 4.98 Å². The molecule has 256 valence electrons. The highest BCUT2D eigenvalue weighted by molar-refractivity contribution is 6.06. The smallest absolute Gasteiger partial charge is 0.262 e. The molecule has 0 saturated heterocycles. The largest absolute Gasteiger partial charge is 0.493 e. The Hall–Kier alpha value is -5.49. The molecule has 2 aromatic heterocycles. The third-order valence-electron chi connectivity index (χ3n) is 7.63. The number of amides is 1. The van der Waals surface area contributed by atoms with Crippen molar-refractivity contribution in [3.8, 4) is 23.1 Å². The summed E-state index contributed by atoms with van der Waals surface area (Å²) in [4.78, 5) is 26.5. The second-order valence-corrected chi connectivity index (χ2v) is 11.4. The molecule has 0 radical (unpaired) electrons. The van der Waals surface area contributed by atoms with Crippen LogP contribution < -0.4 is 24.8 Å². The molecule has 49 heavy (non-hydrogen) atoms. The minimum atomic E-state index is -0.544. The normalized spacial score (nSPS) is 10.9. The summed E-state index contributed by atoms with van der Waals surface area (Å²) in [5.74, 6) is -0.0287. The molecule has 0 aliphatic rings. The number of ether oxygens (including phenoxy) is 4. The fraction of sp³-hybridized carbons (Fsp3) is 0.297. The van der Waals surface area contributed by atoms with Crippen LogP contribution in [0, 0.1) is 19.7 Å². The van der Waals surface area contributed by atoms with Gasteiger partial charge in [-0.1, -0.05) is 37.6 Å². The van der Waals surface area contributed by atoms with Gasteiger partial charge in [0.2, 0.25) is 11.8 Å². The molecule has 12 heteroatoms. The summed E-state index contributed by atoms with van der Waals surface area (Å²) in [6.45, 7) is 8.09. The van der Waals surface area contributed by atoms with E-state index >= 15 is 0 Å². The van der Waals surface area contributed by atoms with E-state index in [1.807, 2.05) is 54.9 Å². The number of aromatic nitrogens is 4. The van der Waals surface area contributed by atoms with Gasteiger partial charge in [0, 0.05) is 49.2 Å². The molecule has 0 atom stereocenters. The number of unbranched alkanes of at least 4 members (excludes halogenated alkanes) is 1. The van der Waals surface area contributed by atoms with Crippen molar-refractivity contribution < 1.29 is 28.1 Å². The number of rotatable bonds is 17. The molecule has 0 aliphatic carbocycles. The van der Waals surface area contributed by atoms with Gasteiger partial charge in [-0.15, -0.1) is 0 Å². The Kier molecular flexibility index (Phi) is 12.1. The van der Waals surface area contributed by atoms with E-state index in [-0.39, 0.29) is 23.1 Å². The average Bonchev–Trinajstić information content (AvgIpc) is 3.62. The molecule has 1 amide bonds. The first-order chi connectivity index (χ1) is 23.8. The topological polar surface area (TPSA) is 122 Å². The van der Waals surface area contributed by atoms with Gasteiger partial charge in [0.05, 0.1) is 26.7 Å². The number of para-hydroxylation sites is 1. The van der Waals surface area contributed by atoms with Crippen LogP contribution in [0.1, 0.15) is 53.2 Å². The van der Waals surface area contributed by atoms with E-state index in [1.165, 1.54) is 25.4 Å². The van der Waals surface area contributed by atoms with Gasteiger partial charge < -0.3 is 34.1 Å². The van der Waals surface area contributed by atoms with Crippen LogP contribution in [0.3, 0.4) is 0 Å². The third kappa shape index (κ3) is 9.54. The first-order valence-corrected chi connectivity index (χ1v) is 16.2. The standard InChI is InChI=1S/C37H41FN6O5/c1-5-6-18-47-23-27-11-13-32(33(20-27)46-4)49-36-29(35(45)42-34-25(2)9-7-10-26(34)3)22-40-37(43-36)41-28-12-14-31(30(38)21-28)48-19-8-16-44-17-15-39-24-44/h7,9-15,17,20-22,24H,5-6,8,16,18-19,23H2,1-4H3,(H,42,45)(H,40,41,43). The van der Waals surface area contributed by atoms with E-state index in [0.717, 1.165) is 29.5 Å². The van der Waals surface area contributed by atoms with Crippen molar-refractivity contribution in [2.45, 2.75) is 53.2 Å². The number of aryl methyl sites for hydroxylation is 3. The molecule has 0 unspecified atom stereocenters. The number of nitrogens with one attached hydrogen (secondary N) is 2. The number of hydrogen-bond donors (Lipinski definition) is 2. The molecule has 5 rings (SSSR count). The maximum Gasteiger partial charge on any atom is 0.262 e. The monoisotopic (exact) mass is 668 g/mol. The first kappa shape index (κ1) is 34.8. The van der Waals surface area contributed by atoms with Gasteiger partial charge in [0.1, 0.15) is 5.56 Å². The quantitative estimate of drug-likeness (QED) is 0.0949. The van der Waals surface area contributed by atoms with E-state index in [9.17, 15) is 9.18 Å². The summed E-state index contributed by atoms with van der Waals surface area (Å²) in [5.41, 5.74) is 3.87. The van der Waals surface area contributed by atoms with Gasteiger partial charge in [0.25, 0.3) is 5.91 Å². The highest BCUT2D eigenvalue weighted by atomic mass is 19.1. The number of anilines is 3. The maximum atomic E-state index is 15.0. The molecule has 0 fully saturated rings. The summed E-state index contributed by atoms with van der Waals surface area (Å²) in [6.07, 6.45) is 9.38. The van der Waals surface area contributed by atoms with Gasteiger partial charge in [-0.05, 0) is 67.6 Å². The van der Waals surface area contributed by atoms with Gasteiger partial charge in [-0.25, -0.2) is 14.4 Å². The SMILES string of the molecule is CCCCOCc1ccc(Oc2nc(Nc3ccc(OCCCn4ccnc4)c(F)c3)ncc2C(=O)Nc2c(C)cccc2C)c(OC)c1. The highest BCUT2D eigenvalue weighted by Crippen LogP contribution is 2.34.